The van der Waals surface area contributed by atoms with Gasteiger partial charge in [-0.25, -0.2) is 4.21 Å². The van der Waals surface area contributed by atoms with Crippen molar-refractivity contribution in [2.45, 2.75) is 17.6 Å². The van der Waals surface area contributed by atoms with E-state index in [4.69, 9.17) is 4.55 Å². The lowest BCUT2D eigenvalue weighted by molar-refractivity contribution is 0.565. The van der Waals surface area contributed by atoms with Gasteiger partial charge in [0.05, 0.1) is 0 Å². The summed E-state index contributed by atoms with van der Waals surface area (Å²) in [6.07, 6.45) is 0.570. The summed E-state index contributed by atoms with van der Waals surface area (Å²) in [6.45, 7) is 1.81. The van der Waals surface area contributed by atoms with Gasteiger partial charge in [-0.1, -0.05) is 18.3 Å². The molecule has 6 heteroatoms. The average Bonchev–Trinajstić information content (AvgIpc) is 2.30. The molecule has 1 unspecified atom stereocenters. The number of aryl methyl sites for hydroxylation is 1. The maximum absolute atomic E-state index is 10.7. The smallest absolute Gasteiger partial charge is 0.305 e. The lowest BCUT2D eigenvalue weighted by atomic mass is 10.4. The van der Waals surface area contributed by atoms with Crippen molar-refractivity contribution < 1.29 is 8.76 Å². The van der Waals surface area contributed by atoms with Gasteiger partial charge in [0.1, 0.15) is 4.21 Å². The Balaban J connectivity index is 3.23. The van der Waals surface area contributed by atoms with E-state index in [-0.39, 0.29) is 9.08 Å². The number of H-pyrrole nitrogens is 1. The molecule has 0 aliphatic rings. The minimum absolute atomic E-state index is 0.234. The summed E-state index contributed by atoms with van der Waals surface area (Å²) < 4.78 is 19.5. The molecule has 62 valence electrons. The summed E-state index contributed by atoms with van der Waals surface area (Å²) in [7, 11) is 0. The molecular formula is C5H7NO3S2. The molecule has 0 spiro atoms. The van der Waals surface area contributed by atoms with Crippen molar-refractivity contribution in [3.05, 3.63) is 15.4 Å². The van der Waals surface area contributed by atoms with E-state index in [1.165, 1.54) is 0 Å². The number of hydrogen-bond acceptors (Lipinski definition) is 3. The molecule has 0 aliphatic heterocycles. The van der Waals surface area contributed by atoms with E-state index < -0.39 is 11.1 Å². The van der Waals surface area contributed by atoms with Crippen LogP contribution in [0.4, 0.5) is 0 Å². The molecule has 0 aliphatic carbocycles. The van der Waals surface area contributed by atoms with E-state index in [9.17, 15) is 9.00 Å². The zero-order valence-electron chi connectivity index (χ0n) is 5.79. The van der Waals surface area contributed by atoms with Crippen LogP contribution in [0.3, 0.4) is 0 Å². The van der Waals surface area contributed by atoms with Gasteiger partial charge in [-0.3, -0.25) is 4.79 Å². The third-order valence-electron chi connectivity index (χ3n) is 1.20. The van der Waals surface area contributed by atoms with E-state index in [1.807, 2.05) is 6.92 Å². The maximum atomic E-state index is 10.7. The van der Waals surface area contributed by atoms with Gasteiger partial charge in [0.15, 0.2) is 11.1 Å². The first-order valence-corrected chi connectivity index (χ1v) is 4.90. The van der Waals surface area contributed by atoms with Crippen LogP contribution in [0, 0.1) is 0 Å². The van der Waals surface area contributed by atoms with Gasteiger partial charge in [0.25, 0.3) is 0 Å². The molecule has 0 saturated heterocycles. The lowest BCUT2D eigenvalue weighted by Crippen LogP contribution is -1.94. The molecule has 0 saturated carbocycles. The molecule has 4 nitrogen and oxygen atoms in total. The first-order chi connectivity index (χ1) is 5.15. The number of thiazole rings is 1. The van der Waals surface area contributed by atoms with Crippen LogP contribution in [0.25, 0.3) is 0 Å². The second-order valence-corrected chi connectivity index (χ2v) is 4.03. The zero-order chi connectivity index (χ0) is 8.43. The minimum atomic E-state index is -2.03. The topological polar surface area (TPSA) is 70.2 Å². The fourth-order valence-corrected chi connectivity index (χ4v) is 2.30. The van der Waals surface area contributed by atoms with E-state index in [0.717, 1.165) is 11.3 Å². The van der Waals surface area contributed by atoms with Crippen LogP contribution in [-0.2, 0) is 17.5 Å². The van der Waals surface area contributed by atoms with Crippen molar-refractivity contribution in [3.8, 4) is 0 Å². The normalized spacial score (nSPS) is 13.3. The van der Waals surface area contributed by atoms with Crippen LogP contribution in [0.5, 0.6) is 0 Å². The fraction of sp³-hybridized carbons (Fsp3) is 0.400. The molecule has 0 amide bonds. The highest BCUT2D eigenvalue weighted by Crippen LogP contribution is 2.13. The van der Waals surface area contributed by atoms with E-state index >= 15 is 0 Å². The van der Waals surface area contributed by atoms with Crippen molar-refractivity contribution >= 4 is 22.4 Å². The average molecular weight is 193 g/mol. The van der Waals surface area contributed by atoms with Crippen LogP contribution >= 0.6 is 11.3 Å². The number of aromatic nitrogens is 1. The Labute approximate surface area is 69.6 Å². The van der Waals surface area contributed by atoms with Crippen molar-refractivity contribution in [3.63, 3.8) is 0 Å². The third-order valence-corrected chi connectivity index (χ3v) is 3.16. The van der Waals surface area contributed by atoms with Gasteiger partial charge in [0.2, 0.25) is 0 Å². The molecule has 1 rings (SSSR count). The predicted molar refractivity (Wildman–Crippen MR) is 43.4 cm³/mol. The Morgan fingerprint density at radius 1 is 1.73 bits per heavy atom. The molecule has 11 heavy (non-hydrogen) atoms. The maximum Gasteiger partial charge on any atom is 0.305 e. The Morgan fingerprint density at radius 2 is 2.36 bits per heavy atom. The Hall–Kier alpha value is -0.460. The Kier molecular flexibility index (Phi) is 2.58. The molecule has 1 heterocycles. The van der Waals surface area contributed by atoms with Gasteiger partial charge in [0, 0.05) is 5.69 Å². The van der Waals surface area contributed by atoms with Crippen LogP contribution in [-0.4, -0.2) is 13.7 Å². The van der Waals surface area contributed by atoms with E-state index in [0.29, 0.717) is 12.1 Å². The van der Waals surface area contributed by atoms with Gasteiger partial charge in [-0.05, 0) is 6.42 Å². The molecule has 1 aromatic heterocycles. The molecule has 0 fully saturated rings. The van der Waals surface area contributed by atoms with Gasteiger partial charge in [-0.2, -0.15) is 0 Å². The largest absolute Gasteiger partial charge is 0.315 e. The summed E-state index contributed by atoms with van der Waals surface area (Å²) in [6, 6.07) is 0. The van der Waals surface area contributed by atoms with Crippen LogP contribution in [0.15, 0.2) is 9.00 Å². The summed E-state index contributed by atoms with van der Waals surface area (Å²) in [5.74, 6) is 0. The molecule has 0 aromatic carbocycles. The highest BCUT2D eigenvalue weighted by Gasteiger charge is 2.10. The van der Waals surface area contributed by atoms with E-state index in [1.54, 1.807) is 0 Å². The molecule has 1 atom stereocenters. The van der Waals surface area contributed by atoms with Gasteiger partial charge < -0.3 is 9.54 Å². The molecule has 0 bridgehead atoms. The first kappa shape index (κ1) is 8.63. The fourth-order valence-electron chi connectivity index (χ4n) is 0.719. The van der Waals surface area contributed by atoms with Gasteiger partial charge >= 0.3 is 4.87 Å². The zero-order valence-corrected chi connectivity index (χ0v) is 7.42. The summed E-state index contributed by atoms with van der Waals surface area (Å²) in [4.78, 5) is 12.9. The monoisotopic (exact) mass is 193 g/mol. The SMILES string of the molecule is CCc1[nH]c(=O)sc1S(=O)O. The first-order valence-electron chi connectivity index (χ1n) is 2.98. The predicted octanol–water partition coefficient (Wildman–Crippen LogP) is 0.579. The van der Waals surface area contributed by atoms with Crippen molar-refractivity contribution in [2.75, 3.05) is 0 Å². The number of aromatic amines is 1. The second-order valence-electron chi connectivity index (χ2n) is 1.88. The lowest BCUT2D eigenvalue weighted by Gasteiger charge is -1.91. The minimum Gasteiger partial charge on any atom is -0.315 e. The van der Waals surface area contributed by atoms with Crippen molar-refractivity contribution in [1.82, 2.24) is 4.98 Å². The van der Waals surface area contributed by atoms with Crippen molar-refractivity contribution in [1.29, 1.82) is 0 Å². The van der Waals surface area contributed by atoms with Crippen LogP contribution in [0.1, 0.15) is 12.6 Å². The molecule has 1 aromatic rings. The number of nitrogens with one attached hydrogen (secondary N) is 1. The van der Waals surface area contributed by atoms with Crippen LogP contribution < -0.4 is 4.87 Å². The second kappa shape index (κ2) is 3.29. The summed E-state index contributed by atoms with van der Waals surface area (Å²) in [5.41, 5.74) is 0.556. The Bertz CT molecular complexity index is 327. The molecular weight excluding hydrogens is 186 g/mol. The van der Waals surface area contributed by atoms with Gasteiger partial charge in [-0.15, -0.1) is 0 Å². The Morgan fingerprint density at radius 3 is 2.73 bits per heavy atom. The number of hydrogen-bond donors (Lipinski definition) is 2. The third kappa shape index (κ3) is 1.76. The van der Waals surface area contributed by atoms with Crippen molar-refractivity contribution in [2.24, 2.45) is 0 Å². The molecule has 2 N–H and O–H groups in total. The highest BCUT2D eigenvalue weighted by atomic mass is 32.2. The van der Waals surface area contributed by atoms with Crippen LogP contribution in [0.2, 0.25) is 0 Å². The molecule has 0 radical (unpaired) electrons. The quantitative estimate of drug-likeness (QED) is 0.675. The number of rotatable bonds is 2. The summed E-state index contributed by atoms with van der Waals surface area (Å²) >= 11 is -1.25. The van der Waals surface area contributed by atoms with E-state index in [2.05, 4.69) is 4.98 Å². The standard InChI is InChI=1S/C5H7NO3S2/c1-2-3-4(11(8)9)10-5(7)6-3/h2H2,1H3,(H,6,7)(H,8,9). The highest BCUT2D eigenvalue weighted by molar-refractivity contribution is 7.81. The summed E-state index contributed by atoms with van der Waals surface area (Å²) in [5, 5.41) is 0.